The van der Waals surface area contributed by atoms with Crippen LogP contribution in [0.25, 0.3) is 0 Å². The van der Waals surface area contributed by atoms with Crippen LogP contribution in [-0.4, -0.2) is 68.5 Å². The van der Waals surface area contributed by atoms with Gasteiger partial charge in [-0.15, -0.1) is 0 Å². The van der Waals surface area contributed by atoms with Crippen molar-refractivity contribution in [3.8, 4) is 5.75 Å². The molecule has 5 nitrogen and oxygen atoms in total. The van der Waals surface area contributed by atoms with E-state index in [-0.39, 0.29) is 18.3 Å². The first-order valence-electron chi connectivity index (χ1n) is 10.0. The Morgan fingerprint density at radius 3 is 2.44 bits per heavy atom. The summed E-state index contributed by atoms with van der Waals surface area (Å²) < 4.78 is 18.1. The highest BCUT2D eigenvalue weighted by molar-refractivity contribution is 6.62. The summed E-state index contributed by atoms with van der Waals surface area (Å²) in [7, 11) is 5.73. The summed E-state index contributed by atoms with van der Waals surface area (Å²) in [5, 5.41) is 0. The van der Waals surface area contributed by atoms with Crippen LogP contribution in [-0.2, 0) is 15.9 Å². The van der Waals surface area contributed by atoms with Gasteiger partial charge in [0.05, 0.1) is 18.3 Å². The quantitative estimate of drug-likeness (QED) is 0.740. The number of hydrogen-bond donors (Lipinski definition) is 0. The van der Waals surface area contributed by atoms with Gasteiger partial charge in [0.2, 0.25) is 0 Å². The Labute approximate surface area is 165 Å². The number of likely N-dealkylation sites (tertiary alicyclic amines) is 1. The van der Waals surface area contributed by atoms with Gasteiger partial charge in [-0.3, -0.25) is 4.90 Å². The Morgan fingerprint density at radius 2 is 1.85 bits per heavy atom. The largest absolute Gasteiger partial charge is 0.497 e. The van der Waals surface area contributed by atoms with Crippen molar-refractivity contribution in [1.82, 2.24) is 9.80 Å². The first-order valence-corrected chi connectivity index (χ1v) is 10.0. The molecule has 150 valence electrons. The lowest BCUT2D eigenvalue weighted by molar-refractivity contribution is 0.00578. The number of benzene rings is 1. The third-order valence-corrected chi connectivity index (χ3v) is 6.46. The lowest BCUT2D eigenvalue weighted by atomic mass is 9.75. The molecule has 2 saturated heterocycles. The van der Waals surface area contributed by atoms with Gasteiger partial charge in [0.25, 0.3) is 0 Å². The standard InChI is InChI=1S/C21H35BN2O3/c1-20(2)21(3,4)27-22(26-20)19-11-10-18(25-7)13-16(19)14-24-12-8-9-17(15-24)23(5)6/h10-11,13,17H,8-9,12,14-15H2,1-7H3. The molecule has 1 aromatic carbocycles. The molecule has 1 unspecified atom stereocenters. The molecule has 0 aromatic heterocycles. The molecule has 0 amide bonds. The zero-order valence-corrected chi connectivity index (χ0v) is 18.0. The van der Waals surface area contributed by atoms with Crippen molar-refractivity contribution in [1.29, 1.82) is 0 Å². The van der Waals surface area contributed by atoms with Crippen molar-refractivity contribution in [2.75, 3.05) is 34.3 Å². The Balaban J connectivity index is 1.84. The molecule has 2 heterocycles. The van der Waals surface area contributed by atoms with Crippen LogP contribution in [0.1, 0.15) is 46.1 Å². The SMILES string of the molecule is COc1ccc(B2OC(C)(C)C(C)(C)O2)c(CN2CCCC(N(C)C)C2)c1. The van der Waals surface area contributed by atoms with E-state index >= 15 is 0 Å². The predicted octanol–water partition coefficient (Wildman–Crippen LogP) is 2.52. The van der Waals surface area contributed by atoms with Crippen molar-refractivity contribution < 1.29 is 14.0 Å². The first kappa shape index (κ1) is 20.7. The molecule has 0 bridgehead atoms. The van der Waals surface area contributed by atoms with Crippen molar-refractivity contribution in [2.24, 2.45) is 0 Å². The van der Waals surface area contributed by atoms with Gasteiger partial charge in [-0.1, -0.05) is 6.07 Å². The van der Waals surface area contributed by atoms with Gasteiger partial charge in [-0.25, -0.2) is 0 Å². The number of hydrogen-bond acceptors (Lipinski definition) is 5. The average Bonchev–Trinajstić information content (AvgIpc) is 2.82. The normalized spacial score (nSPS) is 25.2. The molecule has 2 aliphatic rings. The molecule has 2 aliphatic heterocycles. The van der Waals surface area contributed by atoms with Crippen molar-refractivity contribution in [3.05, 3.63) is 23.8 Å². The Bertz CT molecular complexity index is 647. The lowest BCUT2D eigenvalue weighted by Gasteiger charge is -2.36. The topological polar surface area (TPSA) is 34.2 Å². The third-order valence-electron chi connectivity index (χ3n) is 6.46. The Morgan fingerprint density at radius 1 is 1.19 bits per heavy atom. The molecule has 0 aliphatic carbocycles. The molecule has 0 N–H and O–H groups in total. The van der Waals surface area contributed by atoms with E-state index in [1.165, 1.54) is 18.4 Å². The van der Waals surface area contributed by atoms with Crippen molar-refractivity contribution in [2.45, 2.75) is 64.3 Å². The van der Waals surface area contributed by atoms with E-state index in [9.17, 15) is 0 Å². The van der Waals surface area contributed by atoms with Gasteiger partial charge >= 0.3 is 7.12 Å². The van der Waals surface area contributed by atoms with Gasteiger partial charge < -0.3 is 18.9 Å². The van der Waals surface area contributed by atoms with Crippen LogP contribution in [0.4, 0.5) is 0 Å². The second-order valence-electron chi connectivity index (χ2n) is 9.15. The fourth-order valence-electron chi connectivity index (χ4n) is 3.88. The monoisotopic (exact) mass is 374 g/mol. The van der Waals surface area contributed by atoms with Gasteiger partial charge in [0.15, 0.2) is 0 Å². The number of methoxy groups -OCH3 is 1. The van der Waals surface area contributed by atoms with E-state index in [2.05, 4.69) is 63.7 Å². The van der Waals surface area contributed by atoms with Crippen LogP contribution in [0.5, 0.6) is 5.75 Å². The predicted molar refractivity (Wildman–Crippen MR) is 111 cm³/mol. The van der Waals surface area contributed by atoms with E-state index in [0.29, 0.717) is 6.04 Å². The van der Waals surface area contributed by atoms with Gasteiger partial charge in [0.1, 0.15) is 5.75 Å². The highest BCUT2D eigenvalue weighted by Crippen LogP contribution is 2.37. The van der Waals surface area contributed by atoms with Gasteiger partial charge in [-0.05, 0) is 84.3 Å². The molecule has 1 atom stereocenters. The van der Waals surface area contributed by atoms with Gasteiger partial charge in [-0.2, -0.15) is 0 Å². The lowest BCUT2D eigenvalue weighted by Crippen LogP contribution is -2.46. The molecule has 3 rings (SSSR count). The summed E-state index contributed by atoms with van der Waals surface area (Å²) in [6, 6.07) is 6.86. The number of ether oxygens (including phenoxy) is 1. The number of nitrogens with zero attached hydrogens (tertiary/aromatic N) is 2. The maximum absolute atomic E-state index is 6.32. The Hall–Kier alpha value is -1.08. The summed E-state index contributed by atoms with van der Waals surface area (Å²) in [5.41, 5.74) is 1.67. The summed E-state index contributed by atoms with van der Waals surface area (Å²) in [6.45, 7) is 11.5. The van der Waals surface area contributed by atoms with E-state index < -0.39 is 0 Å². The van der Waals surface area contributed by atoms with Crippen LogP contribution in [0.3, 0.4) is 0 Å². The highest BCUT2D eigenvalue weighted by Gasteiger charge is 2.52. The van der Waals surface area contributed by atoms with Crippen LogP contribution in [0, 0.1) is 0 Å². The minimum atomic E-state index is -0.342. The summed E-state index contributed by atoms with van der Waals surface area (Å²) in [6.07, 6.45) is 2.50. The average molecular weight is 374 g/mol. The number of rotatable bonds is 5. The van der Waals surface area contributed by atoms with Crippen molar-refractivity contribution >= 4 is 12.6 Å². The van der Waals surface area contributed by atoms with Crippen LogP contribution >= 0.6 is 0 Å². The van der Waals surface area contributed by atoms with Crippen LogP contribution < -0.4 is 10.2 Å². The molecule has 27 heavy (non-hydrogen) atoms. The molecule has 0 radical (unpaired) electrons. The van der Waals surface area contributed by atoms with Crippen LogP contribution in [0.15, 0.2) is 18.2 Å². The number of likely N-dealkylation sites (N-methyl/N-ethyl adjacent to an activating group) is 1. The minimum Gasteiger partial charge on any atom is -0.497 e. The minimum absolute atomic E-state index is 0.337. The molecule has 0 saturated carbocycles. The van der Waals surface area contributed by atoms with E-state index in [1.807, 2.05) is 6.07 Å². The second kappa shape index (κ2) is 7.74. The fraction of sp³-hybridized carbons (Fsp3) is 0.714. The van der Waals surface area contributed by atoms with Crippen molar-refractivity contribution in [3.63, 3.8) is 0 Å². The van der Waals surface area contributed by atoms with E-state index in [1.54, 1.807) is 7.11 Å². The molecule has 2 fully saturated rings. The Kier molecular flexibility index (Phi) is 5.92. The third kappa shape index (κ3) is 4.34. The van der Waals surface area contributed by atoms with E-state index in [4.69, 9.17) is 14.0 Å². The maximum atomic E-state index is 6.32. The zero-order valence-electron chi connectivity index (χ0n) is 18.0. The summed E-state index contributed by atoms with van der Waals surface area (Å²) in [5.74, 6) is 0.881. The number of piperidine rings is 1. The zero-order chi connectivity index (χ0) is 19.8. The maximum Gasteiger partial charge on any atom is 0.495 e. The van der Waals surface area contributed by atoms with Gasteiger partial charge in [0, 0.05) is 19.1 Å². The first-order chi connectivity index (χ1) is 12.6. The van der Waals surface area contributed by atoms with E-state index in [0.717, 1.165) is 30.8 Å². The molecular weight excluding hydrogens is 339 g/mol. The fourth-order valence-corrected chi connectivity index (χ4v) is 3.88. The molecular formula is C21H35BN2O3. The highest BCUT2D eigenvalue weighted by atomic mass is 16.7. The van der Waals surface area contributed by atoms with Crippen LogP contribution in [0.2, 0.25) is 0 Å². The summed E-state index contributed by atoms with van der Waals surface area (Å²) >= 11 is 0. The smallest absolute Gasteiger partial charge is 0.495 e. The molecule has 0 spiro atoms. The molecule has 1 aromatic rings. The molecule has 6 heteroatoms. The second-order valence-corrected chi connectivity index (χ2v) is 9.15. The summed E-state index contributed by atoms with van der Waals surface area (Å²) in [4.78, 5) is 4.88.